The third-order valence-electron chi connectivity index (χ3n) is 4.44. The van der Waals surface area contributed by atoms with Crippen LogP contribution < -0.4 is 5.73 Å². The van der Waals surface area contributed by atoms with Crippen LogP contribution in [0.4, 0.5) is 0 Å². The zero-order valence-corrected chi connectivity index (χ0v) is 12.5. The van der Waals surface area contributed by atoms with Crippen molar-refractivity contribution in [2.45, 2.75) is 25.7 Å². The number of aromatic nitrogens is 4. The highest BCUT2D eigenvalue weighted by molar-refractivity contribution is 7.16. The van der Waals surface area contributed by atoms with Gasteiger partial charge in [-0.05, 0) is 24.8 Å². The van der Waals surface area contributed by atoms with Gasteiger partial charge in [0.05, 0.1) is 0 Å². The molecule has 2 aromatic heterocycles. The molecule has 1 aliphatic carbocycles. The SMILES string of the molecule is NCC1(Cc2nn3c(-c4ccccc4)nnc3s2)CCC1. The van der Waals surface area contributed by atoms with E-state index in [0.29, 0.717) is 0 Å². The van der Waals surface area contributed by atoms with Crippen LogP contribution in [0.1, 0.15) is 24.3 Å². The average Bonchev–Trinajstić information content (AvgIpc) is 3.03. The Labute approximate surface area is 126 Å². The van der Waals surface area contributed by atoms with Crippen LogP contribution in [-0.2, 0) is 6.42 Å². The Morgan fingerprint density at radius 3 is 2.67 bits per heavy atom. The molecular formula is C15H17N5S. The second-order valence-electron chi connectivity index (χ2n) is 5.81. The number of rotatable bonds is 4. The molecule has 0 radical (unpaired) electrons. The highest BCUT2D eigenvalue weighted by Gasteiger charge is 2.36. The summed E-state index contributed by atoms with van der Waals surface area (Å²) < 4.78 is 1.86. The largest absolute Gasteiger partial charge is 0.330 e. The molecule has 3 aromatic rings. The lowest BCUT2D eigenvalue weighted by molar-refractivity contribution is 0.144. The highest BCUT2D eigenvalue weighted by Crippen LogP contribution is 2.43. The van der Waals surface area contributed by atoms with Gasteiger partial charge < -0.3 is 5.73 Å². The Kier molecular flexibility index (Phi) is 3.01. The van der Waals surface area contributed by atoms with Crippen LogP contribution in [0.25, 0.3) is 16.3 Å². The summed E-state index contributed by atoms with van der Waals surface area (Å²) in [7, 11) is 0. The van der Waals surface area contributed by atoms with E-state index in [4.69, 9.17) is 10.8 Å². The summed E-state index contributed by atoms with van der Waals surface area (Å²) in [5, 5.41) is 14.3. The van der Waals surface area contributed by atoms with Gasteiger partial charge in [0.2, 0.25) is 4.96 Å². The van der Waals surface area contributed by atoms with Gasteiger partial charge in [-0.2, -0.15) is 9.61 Å². The van der Waals surface area contributed by atoms with Gasteiger partial charge in [-0.25, -0.2) is 0 Å². The van der Waals surface area contributed by atoms with E-state index in [1.807, 2.05) is 34.8 Å². The first-order chi connectivity index (χ1) is 10.3. The zero-order valence-electron chi connectivity index (χ0n) is 11.7. The van der Waals surface area contributed by atoms with Gasteiger partial charge >= 0.3 is 0 Å². The summed E-state index contributed by atoms with van der Waals surface area (Å²) in [5.41, 5.74) is 7.26. The summed E-state index contributed by atoms with van der Waals surface area (Å²) in [6.07, 6.45) is 4.69. The molecule has 5 nitrogen and oxygen atoms in total. The number of nitrogens with zero attached hydrogens (tertiary/aromatic N) is 4. The van der Waals surface area contributed by atoms with Crippen LogP contribution in [0.3, 0.4) is 0 Å². The first-order valence-corrected chi connectivity index (χ1v) is 8.08. The van der Waals surface area contributed by atoms with E-state index in [1.165, 1.54) is 19.3 Å². The van der Waals surface area contributed by atoms with Crippen molar-refractivity contribution in [3.05, 3.63) is 35.3 Å². The maximum atomic E-state index is 5.95. The Morgan fingerprint density at radius 2 is 2.00 bits per heavy atom. The molecule has 0 bridgehead atoms. The minimum atomic E-state index is 0.274. The number of nitrogens with two attached hydrogens (primary N) is 1. The second kappa shape index (κ2) is 4.89. The van der Waals surface area contributed by atoms with Gasteiger partial charge in [-0.1, -0.05) is 48.1 Å². The van der Waals surface area contributed by atoms with Crippen molar-refractivity contribution >= 4 is 16.3 Å². The second-order valence-corrected chi connectivity index (χ2v) is 6.85. The molecule has 1 fully saturated rings. The number of hydrogen-bond donors (Lipinski definition) is 1. The van der Waals surface area contributed by atoms with Crippen molar-refractivity contribution in [2.24, 2.45) is 11.1 Å². The fraction of sp³-hybridized carbons (Fsp3) is 0.400. The molecular weight excluding hydrogens is 282 g/mol. The van der Waals surface area contributed by atoms with Gasteiger partial charge in [0, 0.05) is 12.0 Å². The molecule has 21 heavy (non-hydrogen) atoms. The molecule has 0 atom stereocenters. The molecule has 0 saturated heterocycles. The maximum Gasteiger partial charge on any atom is 0.234 e. The normalized spacial score (nSPS) is 17.0. The molecule has 0 spiro atoms. The van der Waals surface area contributed by atoms with Crippen molar-refractivity contribution in [1.29, 1.82) is 0 Å². The quantitative estimate of drug-likeness (QED) is 0.803. The van der Waals surface area contributed by atoms with Crippen LogP contribution in [0, 0.1) is 5.41 Å². The van der Waals surface area contributed by atoms with Crippen LogP contribution in [-0.4, -0.2) is 26.4 Å². The van der Waals surface area contributed by atoms with E-state index in [1.54, 1.807) is 11.3 Å². The van der Waals surface area contributed by atoms with Gasteiger partial charge in [0.15, 0.2) is 5.82 Å². The fourth-order valence-electron chi connectivity index (χ4n) is 2.95. The molecule has 6 heteroatoms. The van der Waals surface area contributed by atoms with Crippen molar-refractivity contribution in [2.75, 3.05) is 6.54 Å². The zero-order chi connectivity index (χ0) is 14.3. The number of hydrogen-bond acceptors (Lipinski definition) is 5. The molecule has 0 unspecified atom stereocenters. The monoisotopic (exact) mass is 299 g/mol. The van der Waals surface area contributed by atoms with Gasteiger partial charge in [-0.15, -0.1) is 10.2 Å². The summed E-state index contributed by atoms with van der Waals surface area (Å²) >= 11 is 1.63. The Bertz CT molecular complexity index is 751. The Balaban J connectivity index is 1.70. The lowest BCUT2D eigenvalue weighted by atomic mass is 9.67. The van der Waals surface area contributed by atoms with E-state index in [0.717, 1.165) is 34.3 Å². The minimum absolute atomic E-state index is 0.274. The molecule has 2 heterocycles. The molecule has 4 rings (SSSR count). The van der Waals surface area contributed by atoms with E-state index in [2.05, 4.69) is 10.2 Å². The summed E-state index contributed by atoms with van der Waals surface area (Å²) in [6, 6.07) is 10.1. The van der Waals surface area contributed by atoms with E-state index < -0.39 is 0 Å². The standard InChI is InChI=1S/C15H17N5S/c16-10-15(7-4-8-15)9-12-19-20-13(17-18-14(20)21-12)11-5-2-1-3-6-11/h1-3,5-6H,4,7-10,16H2. The van der Waals surface area contributed by atoms with Crippen LogP contribution in [0.5, 0.6) is 0 Å². The third kappa shape index (κ3) is 2.15. The molecule has 1 saturated carbocycles. The predicted octanol–water partition coefficient (Wildman–Crippen LogP) is 2.52. The lowest BCUT2D eigenvalue weighted by Crippen LogP contribution is -2.39. The Morgan fingerprint density at radius 1 is 1.19 bits per heavy atom. The highest BCUT2D eigenvalue weighted by atomic mass is 32.1. The van der Waals surface area contributed by atoms with Gasteiger partial charge in [0.25, 0.3) is 0 Å². The van der Waals surface area contributed by atoms with Crippen molar-refractivity contribution < 1.29 is 0 Å². The number of fused-ring (bicyclic) bond motifs is 1. The molecule has 0 amide bonds. The number of benzene rings is 1. The molecule has 1 aromatic carbocycles. The first-order valence-electron chi connectivity index (χ1n) is 7.26. The lowest BCUT2D eigenvalue weighted by Gasteiger charge is -2.40. The molecule has 108 valence electrons. The van der Waals surface area contributed by atoms with Crippen molar-refractivity contribution in [1.82, 2.24) is 19.8 Å². The molecule has 2 N–H and O–H groups in total. The van der Waals surface area contributed by atoms with Gasteiger partial charge in [0.1, 0.15) is 5.01 Å². The Hall–Kier alpha value is -1.79. The average molecular weight is 299 g/mol. The maximum absolute atomic E-state index is 5.95. The van der Waals surface area contributed by atoms with E-state index >= 15 is 0 Å². The minimum Gasteiger partial charge on any atom is -0.330 e. The molecule has 1 aliphatic rings. The van der Waals surface area contributed by atoms with E-state index in [-0.39, 0.29) is 5.41 Å². The van der Waals surface area contributed by atoms with Gasteiger partial charge in [-0.3, -0.25) is 0 Å². The van der Waals surface area contributed by atoms with Crippen molar-refractivity contribution in [3.8, 4) is 11.4 Å². The first kappa shape index (κ1) is 12.9. The summed E-state index contributed by atoms with van der Waals surface area (Å²) in [5.74, 6) is 0.809. The predicted molar refractivity (Wildman–Crippen MR) is 83.1 cm³/mol. The fourth-order valence-corrected chi connectivity index (χ4v) is 3.95. The summed E-state index contributed by atoms with van der Waals surface area (Å²) in [4.78, 5) is 0.857. The van der Waals surface area contributed by atoms with Crippen LogP contribution >= 0.6 is 11.3 Å². The topological polar surface area (TPSA) is 69.1 Å². The van der Waals surface area contributed by atoms with Crippen molar-refractivity contribution in [3.63, 3.8) is 0 Å². The smallest absolute Gasteiger partial charge is 0.234 e. The van der Waals surface area contributed by atoms with Crippen LogP contribution in [0.2, 0.25) is 0 Å². The molecule has 0 aliphatic heterocycles. The third-order valence-corrected chi connectivity index (χ3v) is 5.34. The van der Waals surface area contributed by atoms with E-state index in [9.17, 15) is 0 Å². The summed E-state index contributed by atoms with van der Waals surface area (Å²) in [6.45, 7) is 0.749. The van der Waals surface area contributed by atoms with Crippen LogP contribution in [0.15, 0.2) is 30.3 Å².